The van der Waals surface area contributed by atoms with Gasteiger partial charge in [-0.3, -0.25) is 14.5 Å². The number of nitrogens with zero attached hydrogens (tertiary/aromatic N) is 2. The zero-order valence-corrected chi connectivity index (χ0v) is 20.1. The summed E-state index contributed by atoms with van der Waals surface area (Å²) in [4.78, 5) is 30.5. The van der Waals surface area contributed by atoms with E-state index < -0.39 is 5.97 Å². The van der Waals surface area contributed by atoms with E-state index in [1.54, 1.807) is 29.6 Å². The monoisotopic (exact) mass is 496 g/mol. The number of carbonyl (C=O) groups is 2. The molecule has 0 bridgehead atoms. The molecule has 0 aliphatic rings. The lowest BCUT2D eigenvalue weighted by Crippen LogP contribution is -2.24. The number of rotatable bonds is 6. The molecule has 2 aromatic carbocycles. The third-order valence-electron chi connectivity index (χ3n) is 4.38. The van der Waals surface area contributed by atoms with Crippen LogP contribution in [-0.4, -0.2) is 16.9 Å². The van der Waals surface area contributed by atoms with Gasteiger partial charge in [-0.15, -0.1) is 11.3 Å². The maximum Gasteiger partial charge on any atom is 0.310 e. The fraction of sp³-hybridized carbons (Fsp3) is 0.227. The van der Waals surface area contributed by atoms with Crippen molar-refractivity contribution in [3.8, 4) is 0 Å². The SMILES string of the molecule is CC(=O)N(c1nc(COC(=O)Cc2ccc(Cl)c(Cl)c2)cs1)c1c(C)cc(C)cc1Cl. The average molecular weight is 498 g/mol. The number of hydrogen-bond acceptors (Lipinski definition) is 5. The Bertz CT molecular complexity index is 1120. The largest absolute Gasteiger partial charge is 0.459 e. The van der Waals surface area contributed by atoms with E-state index >= 15 is 0 Å². The van der Waals surface area contributed by atoms with Gasteiger partial charge in [0.15, 0.2) is 5.13 Å². The molecule has 0 aliphatic heterocycles. The molecule has 31 heavy (non-hydrogen) atoms. The summed E-state index contributed by atoms with van der Waals surface area (Å²) in [6, 6.07) is 8.74. The highest BCUT2D eigenvalue weighted by atomic mass is 35.5. The van der Waals surface area contributed by atoms with E-state index in [4.69, 9.17) is 39.5 Å². The molecule has 3 rings (SSSR count). The topological polar surface area (TPSA) is 59.5 Å². The molecule has 3 aromatic rings. The van der Waals surface area contributed by atoms with Gasteiger partial charge in [0.05, 0.1) is 32.9 Å². The molecule has 0 spiro atoms. The predicted octanol–water partition coefficient (Wildman–Crippen LogP) is 6.69. The second kappa shape index (κ2) is 10.0. The van der Waals surface area contributed by atoms with Gasteiger partial charge in [-0.05, 0) is 48.7 Å². The Hall–Kier alpha value is -2.12. The number of esters is 1. The van der Waals surface area contributed by atoms with Gasteiger partial charge in [-0.2, -0.15) is 0 Å². The Labute approximate surface area is 199 Å². The molecule has 0 unspecified atom stereocenters. The van der Waals surface area contributed by atoms with E-state index in [0.29, 0.717) is 37.1 Å². The first kappa shape index (κ1) is 23.5. The zero-order valence-electron chi connectivity index (χ0n) is 17.0. The van der Waals surface area contributed by atoms with Crippen LogP contribution in [0.15, 0.2) is 35.7 Å². The Balaban J connectivity index is 1.72. The van der Waals surface area contributed by atoms with Crippen LogP contribution >= 0.6 is 46.1 Å². The average Bonchev–Trinajstić information content (AvgIpc) is 3.14. The van der Waals surface area contributed by atoms with Gasteiger partial charge in [0.2, 0.25) is 5.91 Å². The number of aryl methyl sites for hydroxylation is 2. The molecule has 0 N–H and O–H groups in total. The van der Waals surface area contributed by atoms with E-state index in [9.17, 15) is 9.59 Å². The van der Waals surface area contributed by atoms with Gasteiger partial charge in [-0.25, -0.2) is 4.98 Å². The molecule has 0 fully saturated rings. The molecule has 0 aliphatic carbocycles. The minimum absolute atomic E-state index is 0.0109. The van der Waals surface area contributed by atoms with E-state index in [0.717, 1.165) is 11.1 Å². The first-order valence-electron chi connectivity index (χ1n) is 9.27. The molecular weight excluding hydrogens is 479 g/mol. The second-order valence-electron chi connectivity index (χ2n) is 6.97. The van der Waals surface area contributed by atoms with Gasteiger partial charge >= 0.3 is 5.97 Å². The Morgan fingerprint density at radius 2 is 1.81 bits per heavy atom. The maximum absolute atomic E-state index is 12.4. The van der Waals surface area contributed by atoms with Crippen LogP contribution in [0.25, 0.3) is 0 Å². The van der Waals surface area contributed by atoms with Crippen LogP contribution in [0.2, 0.25) is 15.1 Å². The molecule has 1 heterocycles. The number of aromatic nitrogens is 1. The highest BCUT2D eigenvalue weighted by Gasteiger charge is 2.23. The van der Waals surface area contributed by atoms with Crippen LogP contribution in [0.5, 0.6) is 0 Å². The van der Waals surface area contributed by atoms with Crippen molar-refractivity contribution in [3.63, 3.8) is 0 Å². The molecule has 1 amide bonds. The third kappa shape index (κ3) is 5.77. The normalized spacial score (nSPS) is 10.8. The fourth-order valence-corrected chi connectivity index (χ4v) is 4.65. The van der Waals surface area contributed by atoms with Crippen LogP contribution in [0, 0.1) is 13.8 Å². The summed E-state index contributed by atoms with van der Waals surface area (Å²) >= 11 is 19.6. The first-order chi connectivity index (χ1) is 14.7. The molecule has 0 radical (unpaired) electrons. The number of amides is 1. The van der Waals surface area contributed by atoms with Crippen LogP contribution in [0.1, 0.15) is 29.3 Å². The summed E-state index contributed by atoms with van der Waals surface area (Å²) in [5.41, 5.74) is 3.70. The van der Waals surface area contributed by atoms with Crippen molar-refractivity contribution in [2.75, 3.05) is 4.90 Å². The Morgan fingerprint density at radius 1 is 1.06 bits per heavy atom. The number of benzene rings is 2. The van der Waals surface area contributed by atoms with Crippen molar-refractivity contribution < 1.29 is 14.3 Å². The summed E-state index contributed by atoms with van der Waals surface area (Å²) in [5, 5.41) is 3.47. The lowest BCUT2D eigenvalue weighted by atomic mass is 10.1. The molecule has 0 saturated carbocycles. The summed E-state index contributed by atoms with van der Waals surface area (Å²) in [6.45, 7) is 5.27. The predicted molar refractivity (Wildman–Crippen MR) is 126 cm³/mol. The molecule has 0 atom stereocenters. The van der Waals surface area contributed by atoms with Crippen LogP contribution in [0.3, 0.4) is 0 Å². The number of thiazole rings is 1. The van der Waals surface area contributed by atoms with E-state index in [1.165, 1.54) is 23.2 Å². The fourth-order valence-electron chi connectivity index (χ4n) is 3.07. The molecule has 162 valence electrons. The van der Waals surface area contributed by atoms with Gasteiger partial charge in [-0.1, -0.05) is 46.9 Å². The molecule has 1 aromatic heterocycles. The van der Waals surface area contributed by atoms with Gasteiger partial charge in [0, 0.05) is 12.3 Å². The molecular formula is C22H19Cl3N2O3S. The van der Waals surface area contributed by atoms with E-state index in [2.05, 4.69) is 4.98 Å². The number of ether oxygens (including phenoxy) is 1. The molecule has 9 heteroatoms. The number of halogens is 3. The standard InChI is InChI=1S/C22H19Cl3N2O3S/c1-12-6-13(2)21(19(25)7-12)27(14(3)28)22-26-16(11-31-22)10-30-20(29)9-15-4-5-17(23)18(24)8-15/h4-8,11H,9-10H2,1-3H3. The number of hydrogen-bond donors (Lipinski definition) is 0. The van der Waals surface area contributed by atoms with Crippen molar-refractivity contribution in [1.29, 1.82) is 0 Å². The van der Waals surface area contributed by atoms with Crippen molar-refractivity contribution in [1.82, 2.24) is 4.98 Å². The molecule has 5 nitrogen and oxygen atoms in total. The Kier molecular flexibility index (Phi) is 7.59. The molecule has 0 saturated heterocycles. The smallest absolute Gasteiger partial charge is 0.310 e. The van der Waals surface area contributed by atoms with Gasteiger partial charge < -0.3 is 4.74 Å². The third-order valence-corrected chi connectivity index (χ3v) is 6.28. The zero-order chi connectivity index (χ0) is 22.7. The maximum atomic E-state index is 12.4. The van der Waals surface area contributed by atoms with Crippen molar-refractivity contribution >= 4 is 68.8 Å². The number of carbonyl (C=O) groups excluding carboxylic acids is 2. The highest BCUT2D eigenvalue weighted by Crippen LogP contribution is 2.37. The Morgan fingerprint density at radius 3 is 2.45 bits per heavy atom. The minimum atomic E-state index is -0.422. The van der Waals surface area contributed by atoms with Crippen LogP contribution in [-0.2, 0) is 27.4 Å². The first-order valence-corrected chi connectivity index (χ1v) is 11.3. The van der Waals surface area contributed by atoms with Crippen LogP contribution < -0.4 is 4.90 Å². The van der Waals surface area contributed by atoms with Crippen molar-refractivity contribution in [2.45, 2.75) is 33.8 Å². The quantitative estimate of drug-likeness (QED) is 0.356. The van der Waals surface area contributed by atoms with E-state index in [-0.39, 0.29) is 18.9 Å². The van der Waals surface area contributed by atoms with Crippen LogP contribution in [0.4, 0.5) is 10.8 Å². The van der Waals surface area contributed by atoms with Crippen molar-refractivity contribution in [3.05, 3.63) is 73.2 Å². The summed E-state index contributed by atoms with van der Waals surface area (Å²) in [6.07, 6.45) is 0.0611. The van der Waals surface area contributed by atoms with Gasteiger partial charge in [0.25, 0.3) is 0 Å². The summed E-state index contributed by atoms with van der Waals surface area (Å²) in [7, 11) is 0. The minimum Gasteiger partial charge on any atom is -0.459 e. The van der Waals surface area contributed by atoms with Gasteiger partial charge in [0.1, 0.15) is 6.61 Å². The summed E-state index contributed by atoms with van der Waals surface area (Å²) < 4.78 is 5.32. The number of anilines is 2. The van der Waals surface area contributed by atoms with Crippen molar-refractivity contribution in [2.24, 2.45) is 0 Å². The summed E-state index contributed by atoms with van der Waals surface area (Å²) in [5.74, 6) is -0.639. The lowest BCUT2D eigenvalue weighted by Gasteiger charge is -2.22. The highest BCUT2D eigenvalue weighted by molar-refractivity contribution is 7.14. The van der Waals surface area contributed by atoms with E-state index in [1.807, 2.05) is 19.9 Å². The second-order valence-corrected chi connectivity index (χ2v) is 9.03. The lowest BCUT2D eigenvalue weighted by molar-refractivity contribution is -0.144.